The van der Waals surface area contributed by atoms with Crippen molar-refractivity contribution >= 4 is 15.7 Å². The fraction of sp³-hybridized carbons (Fsp3) is 0.438. The van der Waals surface area contributed by atoms with Gasteiger partial charge in [-0.15, -0.1) is 0 Å². The summed E-state index contributed by atoms with van der Waals surface area (Å²) >= 11 is 0. The SMILES string of the molecule is C/C=C\[C@H](C)[C@@H](CO)CS(=O)(=O)Nc1ccc(C#N)c(C(F)(F)F)c1. The Balaban J connectivity index is 3.06. The number of aliphatic hydroxyl groups is 1. The zero-order valence-electron chi connectivity index (χ0n) is 13.7. The lowest BCUT2D eigenvalue weighted by Gasteiger charge is -2.20. The number of anilines is 1. The van der Waals surface area contributed by atoms with Crippen molar-refractivity contribution in [2.24, 2.45) is 11.8 Å². The van der Waals surface area contributed by atoms with Crippen molar-refractivity contribution in [1.29, 1.82) is 5.26 Å². The van der Waals surface area contributed by atoms with E-state index in [2.05, 4.69) is 4.72 Å². The smallest absolute Gasteiger partial charge is 0.396 e. The van der Waals surface area contributed by atoms with Gasteiger partial charge >= 0.3 is 6.18 Å². The second kappa shape index (κ2) is 8.36. The summed E-state index contributed by atoms with van der Waals surface area (Å²) in [5.74, 6) is -1.27. The summed E-state index contributed by atoms with van der Waals surface area (Å²) in [6.07, 6.45) is -1.32. The van der Waals surface area contributed by atoms with Crippen LogP contribution in [-0.2, 0) is 16.2 Å². The number of alkyl halides is 3. The maximum Gasteiger partial charge on any atom is 0.417 e. The first-order valence-corrected chi connectivity index (χ1v) is 9.04. The number of allylic oxidation sites excluding steroid dienone is 2. The molecule has 0 saturated carbocycles. The Morgan fingerprint density at radius 2 is 2.04 bits per heavy atom. The first-order chi connectivity index (χ1) is 11.5. The molecule has 9 heteroatoms. The van der Waals surface area contributed by atoms with Gasteiger partial charge in [-0.2, -0.15) is 18.4 Å². The normalized spacial score (nSPS) is 14.9. The zero-order valence-corrected chi connectivity index (χ0v) is 14.5. The lowest BCUT2D eigenvalue weighted by atomic mass is 9.96. The molecule has 2 atom stereocenters. The molecule has 0 spiro atoms. The largest absolute Gasteiger partial charge is 0.417 e. The van der Waals surface area contributed by atoms with Gasteiger partial charge in [-0.05, 0) is 31.0 Å². The Morgan fingerprint density at radius 3 is 2.52 bits per heavy atom. The second-order valence-electron chi connectivity index (χ2n) is 5.58. The predicted octanol–water partition coefficient (Wildman–Crippen LogP) is 3.14. The Bertz CT molecular complexity index is 768. The van der Waals surface area contributed by atoms with Crippen LogP contribution < -0.4 is 4.72 Å². The third-order valence-electron chi connectivity index (χ3n) is 3.63. The van der Waals surface area contributed by atoms with E-state index in [0.29, 0.717) is 6.07 Å². The topological polar surface area (TPSA) is 90.2 Å². The number of nitrogens with zero attached hydrogens (tertiary/aromatic N) is 1. The summed E-state index contributed by atoms with van der Waals surface area (Å²) in [4.78, 5) is 0. The van der Waals surface area contributed by atoms with Crippen molar-refractivity contribution in [3.63, 3.8) is 0 Å². The number of hydrogen-bond acceptors (Lipinski definition) is 4. The molecule has 0 aliphatic rings. The summed E-state index contributed by atoms with van der Waals surface area (Å²) in [6, 6.07) is 4.01. The molecule has 1 aromatic rings. The van der Waals surface area contributed by atoms with Crippen LogP contribution in [0.25, 0.3) is 0 Å². The molecule has 0 heterocycles. The second-order valence-corrected chi connectivity index (χ2v) is 7.35. The van der Waals surface area contributed by atoms with Gasteiger partial charge in [0.2, 0.25) is 10.0 Å². The number of benzene rings is 1. The fourth-order valence-corrected chi connectivity index (χ4v) is 3.82. The van der Waals surface area contributed by atoms with E-state index in [1.54, 1.807) is 26.0 Å². The van der Waals surface area contributed by atoms with Gasteiger partial charge in [0.15, 0.2) is 0 Å². The van der Waals surface area contributed by atoms with Crippen LogP contribution in [0.3, 0.4) is 0 Å². The van der Waals surface area contributed by atoms with Crippen LogP contribution in [0.5, 0.6) is 0 Å². The van der Waals surface area contributed by atoms with Gasteiger partial charge in [-0.1, -0.05) is 19.1 Å². The van der Waals surface area contributed by atoms with E-state index in [1.165, 1.54) is 6.07 Å². The van der Waals surface area contributed by atoms with Gasteiger partial charge in [0.05, 0.1) is 22.9 Å². The molecule has 138 valence electrons. The fourth-order valence-electron chi connectivity index (χ4n) is 2.27. The Morgan fingerprint density at radius 1 is 1.40 bits per heavy atom. The molecule has 0 aliphatic carbocycles. The Kier molecular flexibility index (Phi) is 7.02. The number of aliphatic hydroxyl groups excluding tert-OH is 1. The number of sulfonamides is 1. The van der Waals surface area contributed by atoms with Crippen molar-refractivity contribution < 1.29 is 26.7 Å². The van der Waals surface area contributed by atoms with E-state index in [9.17, 15) is 26.7 Å². The molecule has 1 rings (SSSR count). The monoisotopic (exact) mass is 376 g/mol. The molecule has 25 heavy (non-hydrogen) atoms. The first-order valence-electron chi connectivity index (χ1n) is 7.39. The molecule has 0 amide bonds. The average molecular weight is 376 g/mol. The Hall–Kier alpha value is -2.05. The summed E-state index contributed by atoms with van der Waals surface area (Å²) in [7, 11) is -3.99. The van der Waals surface area contributed by atoms with Crippen LogP contribution in [0.15, 0.2) is 30.4 Å². The molecule has 0 unspecified atom stereocenters. The van der Waals surface area contributed by atoms with E-state index < -0.39 is 39.0 Å². The van der Waals surface area contributed by atoms with Gasteiger partial charge < -0.3 is 5.11 Å². The highest BCUT2D eigenvalue weighted by atomic mass is 32.2. The number of rotatable bonds is 7. The minimum atomic E-state index is -4.78. The standard InChI is InChI=1S/C16H19F3N2O3S/c1-3-4-11(2)13(9-22)10-25(23,24)21-14-6-5-12(8-20)15(7-14)16(17,18)19/h3-7,11,13,21-22H,9-10H2,1-2H3/b4-3-/t11-,13-/m0/s1. The first kappa shape index (κ1) is 21.0. The summed E-state index contributed by atoms with van der Waals surface area (Å²) in [6.45, 7) is 3.11. The minimum Gasteiger partial charge on any atom is -0.396 e. The summed E-state index contributed by atoms with van der Waals surface area (Å²) in [5.41, 5.74) is -2.09. The van der Waals surface area contributed by atoms with Gasteiger partial charge in [0.1, 0.15) is 0 Å². The van der Waals surface area contributed by atoms with Crippen molar-refractivity contribution in [1.82, 2.24) is 0 Å². The van der Waals surface area contributed by atoms with Gasteiger partial charge in [-0.25, -0.2) is 8.42 Å². The van der Waals surface area contributed by atoms with Crippen LogP contribution >= 0.6 is 0 Å². The van der Waals surface area contributed by atoms with Gasteiger partial charge in [-0.3, -0.25) is 4.72 Å². The van der Waals surface area contributed by atoms with E-state index in [4.69, 9.17) is 5.26 Å². The lowest BCUT2D eigenvalue weighted by molar-refractivity contribution is -0.137. The molecule has 0 radical (unpaired) electrons. The highest BCUT2D eigenvalue weighted by Crippen LogP contribution is 2.33. The van der Waals surface area contributed by atoms with E-state index >= 15 is 0 Å². The third-order valence-corrected chi connectivity index (χ3v) is 5.04. The molecule has 1 aromatic carbocycles. The predicted molar refractivity (Wildman–Crippen MR) is 88.1 cm³/mol. The molecule has 0 fully saturated rings. The average Bonchev–Trinajstić information content (AvgIpc) is 2.51. The molecule has 0 aliphatic heterocycles. The van der Waals surface area contributed by atoms with Crippen LogP contribution in [0.2, 0.25) is 0 Å². The molecule has 0 aromatic heterocycles. The molecule has 2 N–H and O–H groups in total. The zero-order chi connectivity index (χ0) is 19.3. The quantitative estimate of drug-likeness (QED) is 0.716. The molecule has 0 saturated heterocycles. The number of nitrogens with one attached hydrogen (secondary N) is 1. The van der Waals surface area contributed by atoms with Crippen LogP contribution in [0.4, 0.5) is 18.9 Å². The number of nitriles is 1. The maximum absolute atomic E-state index is 12.9. The third kappa shape index (κ3) is 6.07. The van der Waals surface area contributed by atoms with E-state index in [1.807, 2.05) is 0 Å². The molecular formula is C16H19F3N2O3S. The van der Waals surface area contributed by atoms with E-state index in [-0.39, 0.29) is 18.2 Å². The highest BCUT2D eigenvalue weighted by Gasteiger charge is 2.34. The van der Waals surface area contributed by atoms with Crippen molar-refractivity contribution in [2.75, 3.05) is 17.1 Å². The van der Waals surface area contributed by atoms with E-state index in [0.717, 1.165) is 12.1 Å². The van der Waals surface area contributed by atoms with Crippen LogP contribution in [0.1, 0.15) is 25.0 Å². The Labute approximate surface area is 144 Å². The van der Waals surface area contributed by atoms with Crippen molar-refractivity contribution in [2.45, 2.75) is 20.0 Å². The van der Waals surface area contributed by atoms with Crippen LogP contribution in [0, 0.1) is 23.2 Å². The maximum atomic E-state index is 12.9. The van der Waals surface area contributed by atoms with Crippen LogP contribution in [-0.4, -0.2) is 25.9 Å². The molecule has 5 nitrogen and oxygen atoms in total. The van der Waals surface area contributed by atoms with Crippen molar-refractivity contribution in [3.8, 4) is 6.07 Å². The number of halogens is 3. The summed E-state index contributed by atoms with van der Waals surface area (Å²) < 4.78 is 65.3. The molecular weight excluding hydrogens is 357 g/mol. The lowest BCUT2D eigenvalue weighted by Crippen LogP contribution is -2.28. The van der Waals surface area contributed by atoms with Gasteiger partial charge in [0, 0.05) is 18.2 Å². The number of hydrogen-bond donors (Lipinski definition) is 2. The summed E-state index contributed by atoms with van der Waals surface area (Å²) in [5, 5.41) is 18.1. The minimum absolute atomic E-state index is 0.224. The van der Waals surface area contributed by atoms with Gasteiger partial charge in [0.25, 0.3) is 0 Å². The highest BCUT2D eigenvalue weighted by molar-refractivity contribution is 7.92. The molecule has 0 bridgehead atoms. The van der Waals surface area contributed by atoms with Crippen molar-refractivity contribution in [3.05, 3.63) is 41.5 Å².